The number of aromatic amines is 1. The van der Waals surface area contributed by atoms with Crippen LogP contribution in [0, 0.1) is 5.41 Å². The summed E-state index contributed by atoms with van der Waals surface area (Å²) in [6.45, 7) is 4.76. The second-order valence-electron chi connectivity index (χ2n) is 11.0. The van der Waals surface area contributed by atoms with Crippen LogP contribution in [0.3, 0.4) is 0 Å². The summed E-state index contributed by atoms with van der Waals surface area (Å²) in [4.78, 5) is 31.7. The fraction of sp³-hybridized carbons (Fsp3) is 0.438. The van der Waals surface area contributed by atoms with E-state index in [1.807, 2.05) is 17.0 Å². The van der Waals surface area contributed by atoms with Crippen molar-refractivity contribution in [3.05, 3.63) is 93.9 Å². The molecule has 0 aliphatic carbocycles. The number of likely N-dealkylation sites (tertiary alicyclic amines) is 1. The molecule has 5 rings (SSSR count). The number of hydrogen-bond acceptors (Lipinski definition) is 5. The maximum atomic E-state index is 13.1. The fourth-order valence-electron chi connectivity index (χ4n) is 6.03. The molecule has 7 nitrogen and oxygen atoms in total. The van der Waals surface area contributed by atoms with Crippen molar-refractivity contribution in [1.29, 1.82) is 0 Å². The molecule has 1 saturated heterocycles. The fourth-order valence-corrected chi connectivity index (χ4v) is 6.03. The van der Waals surface area contributed by atoms with Gasteiger partial charge in [0.25, 0.3) is 5.91 Å². The maximum Gasteiger partial charge on any atom is 0.255 e. The van der Waals surface area contributed by atoms with Gasteiger partial charge in [-0.15, -0.1) is 0 Å². The number of nitrogens with one attached hydrogen (secondary N) is 1. The van der Waals surface area contributed by atoms with E-state index in [1.165, 1.54) is 23.4 Å². The van der Waals surface area contributed by atoms with Crippen molar-refractivity contribution in [3.8, 4) is 11.5 Å². The average Bonchev–Trinajstić information content (AvgIpc) is 2.96. The summed E-state index contributed by atoms with van der Waals surface area (Å²) in [6.07, 6.45) is 7.92. The summed E-state index contributed by atoms with van der Waals surface area (Å²) in [5, 5.41) is 0. The van der Waals surface area contributed by atoms with Gasteiger partial charge in [0.2, 0.25) is 5.56 Å². The van der Waals surface area contributed by atoms with Crippen LogP contribution in [0.25, 0.3) is 0 Å². The Hall–Kier alpha value is -3.58. The SMILES string of the molecule is COc1ccc(CN2CCOc3ccccc3CCCCC3(CCN(C(=O)c4ccc(=O)[nH]c4)CC3)C2)cc1. The first-order valence-corrected chi connectivity index (χ1v) is 14.1. The molecule has 1 aromatic heterocycles. The normalized spacial score (nSPS) is 18.3. The van der Waals surface area contributed by atoms with Crippen molar-refractivity contribution in [2.75, 3.05) is 39.9 Å². The lowest BCUT2D eigenvalue weighted by atomic mass is 9.73. The molecule has 2 aliphatic rings. The van der Waals surface area contributed by atoms with Crippen molar-refractivity contribution in [2.45, 2.75) is 45.1 Å². The average molecular weight is 530 g/mol. The Morgan fingerprint density at radius 1 is 0.974 bits per heavy atom. The minimum absolute atomic E-state index is 0.00523. The summed E-state index contributed by atoms with van der Waals surface area (Å²) >= 11 is 0. The molecule has 206 valence electrons. The highest BCUT2D eigenvalue weighted by Gasteiger charge is 2.37. The zero-order valence-corrected chi connectivity index (χ0v) is 22.9. The lowest BCUT2D eigenvalue weighted by Gasteiger charge is -2.45. The van der Waals surface area contributed by atoms with Crippen molar-refractivity contribution in [1.82, 2.24) is 14.8 Å². The number of methoxy groups -OCH3 is 1. The first-order chi connectivity index (χ1) is 19.0. The van der Waals surface area contributed by atoms with Crippen LogP contribution < -0.4 is 15.0 Å². The lowest BCUT2D eigenvalue weighted by molar-refractivity contribution is 0.0361. The number of nitrogens with zero attached hydrogens (tertiary/aromatic N) is 2. The van der Waals surface area contributed by atoms with E-state index >= 15 is 0 Å². The van der Waals surface area contributed by atoms with Gasteiger partial charge in [-0.25, -0.2) is 0 Å². The van der Waals surface area contributed by atoms with Crippen molar-refractivity contribution in [3.63, 3.8) is 0 Å². The van der Waals surface area contributed by atoms with Gasteiger partial charge in [-0.3, -0.25) is 14.5 Å². The number of para-hydroxylation sites is 1. The molecule has 1 N–H and O–H groups in total. The molecule has 0 radical (unpaired) electrons. The number of ether oxygens (including phenoxy) is 2. The number of carbonyl (C=O) groups is 1. The van der Waals surface area contributed by atoms with Gasteiger partial charge in [0.05, 0.1) is 12.7 Å². The predicted molar refractivity (Wildman–Crippen MR) is 152 cm³/mol. The molecular formula is C32H39N3O4. The van der Waals surface area contributed by atoms with E-state index in [2.05, 4.69) is 46.3 Å². The Kier molecular flexibility index (Phi) is 8.67. The summed E-state index contributed by atoms with van der Waals surface area (Å²) in [7, 11) is 1.69. The molecule has 0 bridgehead atoms. The standard InChI is InChI=1S/C32H39N3O4/c1-38-28-12-9-25(10-13-28)23-34-20-21-39-29-8-3-2-6-26(29)7-4-5-15-32(24-34)16-18-35(19-17-32)31(37)27-11-14-30(36)33-22-27/h2-3,6,8-14,22H,4-5,7,15-21,23-24H2,1H3,(H,33,36). The van der Waals surface area contributed by atoms with Crippen LogP contribution in [0.1, 0.15) is 53.6 Å². The monoisotopic (exact) mass is 529 g/mol. The molecule has 0 saturated carbocycles. The summed E-state index contributed by atoms with van der Waals surface area (Å²) in [5.41, 5.74) is 3.04. The molecule has 0 unspecified atom stereocenters. The minimum Gasteiger partial charge on any atom is -0.497 e. The number of rotatable bonds is 4. The van der Waals surface area contributed by atoms with Crippen LogP contribution in [0.5, 0.6) is 11.5 Å². The van der Waals surface area contributed by atoms with Crippen LogP contribution in [0.2, 0.25) is 0 Å². The van der Waals surface area contributed by atoms with Gasteiger partial charge in [-0.1, -0.05) is 36.8 Å². The highest BCUT2D eigenvalue weighted by Crippen LogP contribution is 2.39. The summed E-state index contributed by atoms with van der Waals surface area (Å²) < 4.78 is 11.7. The third-order valence-electron chi connectivity index (χ3n) is 8.31. The van der Waals surface area contributed by atoms with Crippen LogP contribution >= 0.6 is 0 Å². The summed E-state index contributed by atoms with van der Waals surface area (Å²) in [5.74, 6) is 1.86. The molecule has 2 aliphatic heterocycles. The van der Waals surface area contributed by atoms with Crippen LogP contribution in [-0.2, 0) is 13.0 Å². The molecule has 39 heavy (non-hydrogen) atoms. The van der Waals surface area contributed by atoms with Gasteiger partial charge in [-0.05, 0) is 72.9 Å². The third-order valence-corrected chi connectivity index (χ3v) is 8.31. The van der Waals surface area contributed by atoms with Gasteiger partial charge < -0.3 is 19.4 Å². The summed E-state index contributed by atoms with van der Waals surface area (Å²) in [6, 6.07) is 19.8. The number of H-pyrrole nitrogens is 1. The van der Waals surface area contributed by atoms with E-state index in [0.717, 1.165) is 82.7 Å². The zero-order chi connectivity index (χ0) is 27.1. The van der Waals surface area contributed by atoms with Crippen molar-refractivity contribution >= 4 is 5.91 Å². The van der Waals surface area contributed by atoms with E-state index in [9.17, 15) is 9.59 Å². The Morgan fingerprint density at radius 2 is 1.77 bits per heavy atom. The maximum absolute atomic E-state index is 13.1. The van der Waals surface area contributed by atoms with E-state index in [0.29, 0.717) is 12.2 Å². The molecule has 1 fully saturated rings. The Bertz CT molecular complexity index is 1270. The first kappa shape index (κ1) is 27.0. The van der Waals surface area contributed by atoms with E-state index in [-0.39, 0.29) is 16.9 Å². The highest BCUT2D eigenvalue weighted by molar-refractivity contribution is 5.93. The molecule has 3 heterocycles. The number of piperidine rings is 1. The van der Waals surface area contributed by atoms with Gasteiger partial charge in [-0.2, -0.15) is 0 Å². The number of amides is 1. The number of hydrogen-bond donors (Lipinski definition) is 1. The van der Waals surface area contributed by atoms with Gasteiger partial charge >= 0.3 is 0 Å². The van der Waals surface area contributed by atoms with Crippen LogP contribution in [0.4, 0.5) is 0 Å². The van der Waals surface area contributed by atoms with Crippen molar-refractivity contribution in [2.24, 2.45) is 5.41 Å². The molecule has 3 aromatic rings. The second-order valence-corrected chi connectivity index (χ2v) is 11.0. The Labute approximate surface area is 230 Å². The molecule has 2 aromatic carbocycles. The van der Waals surface area contributed by atoms with E-state index in [4.69, 9.17) is 9.47 Å². The zero-order valence-electron chi connectivity index (χ0n) is 22.9. The molecule has 1 spiro atoms. The van der Waals surface area contributed by atoms with E-state index < -0.39 is 0 Å². The van der Waals surface area contributed by atoms with Crippen LogP contribution in [-0.4, -0.2) is 60.6 Å². The second kappa shape index (κ2) is 12.5. The number of benzene rings is 2. The lowest BCUT2D eigenvalue weighted by Crippen LogP contribution is -2.48. The molecule has 0 atom stereocenters. The molecule has 1 amide bonds. The van der Waals surface area contributed by atoms with E-state index in [1.54, 1.807) is 13.2 Å². The largest absolute Gasteiger partial charge is 0.497 e. The topological polar surface area (TPSA) is 74.9 Å². The third kappa shape index (κ3) is 6.90. The van der Waals surface area contributed by atoms with Crippen molar-refractivity contribution < 1.29 is 14.3 Å². The number of pyridine rings is 1. The van der Waals surface area contributed by atoms with Gasteiger partial charge in [0, 0.05) is 45.0 Å². The minimum atomic E-state index is -0.194. The highest BCUT2D eigenvalue weighted by atomic mass is 16.5. The first-order valence-electron chi connectivity index (χ1n) is 14.1. The number of aromatic nitrogens is 1. The Morgan fingerprint density at radius 3 is 2.51 bits per heavy atom. The molecular weight excluding hydrogens is 490 g/mol. The van der Waals surface area contributed by atoms with Gasteiger partial charge in [0.1, 0.15) is 18.1 Å². The number of fused-ring (bicyclic) bond motifs is 1. The van der Waals surface area contributed by atoms with Gasteiger partial charge in [0.15, 0.2) is 0 Å². The quantitative estimate of drug-likeness (QED) is 0.520. The molecule has 7 heteroatoms. The Balaban J connectivity index is 1.33. The number of aryl methyl sites for hydroxylation is 1. The number of carbonyl (C=O) groups excluding carboxylic acids is 1. The smallest absolute Gasteiger partial charge is 0.255 e. The predicted octanol–water partition coefficient (Wildman–Crippen LogP) is 4.91. The van der Waals surface area contributed by atoms with Crippen LogP contribution in [0.15, 0.2) is 71.7 Å².